The second-order valence-electron chi connectivity index (χ2n) is 4.60. The van der Waals surface area contributed by atoms with Crippen LogP contribution in [0.4, 0.5) is 5.95 Å². The summed E-state index contributed by atoms with van der Waals surface area (Å²) in [5.41, 5.74) is 0.788. The highest BCUT2D eigenvalue weighted by molar-refractivity contribution is 5.83. The van der Waals surface area contributed by atoms with Gasteiger partial charge in [0.15, 0.2) is 0 Å². The van der Waals surface area contributed by atoms with Crippen LogP contribution in [0, 0.1) is 6.92 Å². The molecular weight excluding hydrogens is 244 g/mol. The van der Waals surface area contributed by atoms with Crippen molar-refractivity contribution >= 4 is 11.9 Å². The van der Waals surface area contributed by atoms with Gasteiger partial charge in [0.2, 0.25) is 17.7 Å². The van der Waals surface area contributed by atoms with E-state index in [1.54, 1.807) is 13.0 Å². The van der Waals surface area contributed by atoms with Crippen LogP contribution in [0.15, 0.2) is 6.07 Å². The molecule has 106 valence electrons. The van der Waals surface area contributed by atoms with E-state index in [-0.39, 0.29) is 12.0 Å². The normalized spacial score (nSPS) is 12.1. The number of carbonyl (C=O) groups excluding carboxylic acids is 1. The average Bonchev–Trinajstić information content (AvgIpc) is 2.27. The Morgan fingerprint density at radius 2 is 2.05 bits per heavy atom. The molecule has 0 aliphatic rings. The zero-order valence-electron chi connectivity index (χ0n) is 12.2. The van der Waals surface area contributed by atoms with Crippen molar-refractivity contribution < 1.29 is 9.53 Å². The summed E-state index contributed by atoms with van der Waals surface area (Å²) in [5.74, 6) is 0.821. The molecule has 19 heavy (non-hydrogen) atoms. The molecule has 0 aromatic carbocycles. The topological polar surface area (TPSA) is 76.1 Å². The molecule has 0 fully saturated rings. The zero-order chi connectivity index (χ0) is 14.4. The van der Waals surface area contributed by atoms with Gasteiger partial charge in [-0.25, -0.2) is 4.98 Å². The maximum atomic E-state index is 11.6. The molecule has 0 radical (unpaired) electrons. The fourth-order valence-corrected chi connectivity index (χ4v) is 1.49. The fraction of sp³-hybridized carbons (Fsp3) is 0.615. The second kappa shape index (κ2) is 6.92. The summed E-state index contributed by atoms with van der Waals surface area (Å²) in [5, 5.41) is 5.71. The van der Waals surface area contributed by atoms with E-state index in [9.17, 15) is 4.79 Å². The molecule has 1 aromatic rings. The first-order chi connectivity index (χ1) is 8.92. The highest BCUT2D eigenvalue weighted by atomic mass is 16.5. The van der Waals surface area contributed by atoms with Gasteiger partial charge in [0.1, 0.15) is 6.04 Å². The Hall–Kier alpha value is -1.85. The molecule has 1 rings (SSSR count). The van der Waals surface area contributed by atoms with Crippen LogP contribution in [0.25, 0.3) is 0 Å². The molecule has 1 atom stereocenters. The van der Waals surface area contributed by atoms with E-state index in [4.69, 9.17) is 4.74 Å². The van der Waals surface area contributed by atoms with Gasteiger partial charge in [0.25, 0.3) is 0 Å². The Bertz CT molecular complexity index is 435. The highest BCUT2D eigenvalue weighted by Gasteiger charge is 2.13. The lowest BCUT2D eigenvalue weighted by atomic mass is 10.3. The quantitative estimate of drug-likeness (QED) is 0.816. The molecule has 6 nitrogen and oxygen atoms in total. The van der Waals surface area contributed by atoms with Crippen molar-refractivity contribution in [3.8, 4) is 5.88 Å². The van der Waals surface area contributed by atoms with Crippen molar-refractivity contribution in [2.45, 2.75) is 46.8 Å². The van der Waals surface area contributed by atoms with Crippen molar-refractivity contribution in [2.75, 3.05) is 11.9 Å². The van der Waals surface area contributed by atoms with Crippen LogP contribution < -0.4 is 15.4 Å². The molecule has 0 saturated carbocycles. The van der Waals surface area contributed by atoms with E-state index >= 15 is 0 Å². The zero-order valence-corrected chi connectivity index (χ0v) is 12.2. The number of carbonyl (C=O) groups is 1. The number of aromatic nitrogens is 2. The minimum Gasteiger partial charge on any atom is -0.475 e. The lowest BCUT2D eigenvalue weighted by Crippen LogP contribution is -2.37. The SMILES string of the molecule is CCNC(=O)C(C)Nc1nc(C)cc(OC(C)C)n1. The van der Waals surface area contributed by atoms with Crippen molar-refractivity contribution in [3.63, 3.8) is 0 Å². The van der Waals surface area contributed by atoms with E-state index in [1.165, 1.54) is 0 Å². The molecule has 0 bridgehead atoms. The predicted octanol–water partition coefficient (Wildman–Crippen LogP) is 1.51. The van der Waals surface area contributed by atoms with Crippen LogP contribution in [0.3, 0.4) is 0 Å². The smallest absolute Gasteiger partial charge is 0.242 e. The first kappa shape index (κ1) is 15.2. The third-order valence-corrected chi connectivity index (χ3v) is 2.28. The number of hydrogen-bond donors (Lipinski definition) is 2. The lowest BCUT2D eigenvalue weighted by molar-refractivity contribution is -0.121. The number of hydrogen-bond acceptors (Lipinski definition) is 5. The number of likely N-dealkylation sites (N-methyl/N-ethyl adjacent to an activating group) is 1. The van der Waals surface area contributed by atoms with Crippen LogP contribution in [0.5, 0.6) is 5.88 Å². The Morgan fingerprint density at radius 1 is 1.37 bits per heavy atom. The van der Waals surface area contributed by atoms with Gasteiger partial charge in [0.05, 0.1) is 6.10 Å². The summed E-state index contributed by atoms with van der Waals surface area (Å²) in [6.07, 6.45) is 0.0444. The molecule has 6 heteroatoms. The van der Waals surface area contributed by atoms with Gasteiger partial charge in [-0.05, 0) is 34.6 Å². The maximum absolute atomic E-state index is 11.6. The number of rotatable bonds is 6. The third-order valence-electron chi connectivity index (χ3n) is 2.28. The Labute approximate surface area is 114 Å². The Kier molecular flexibility index (Phi) is 5.54. The molecule has 2 N–H and O–H groups in total. The lowest BCUT2D eigenvalue weighted by Gasteiger charge is -2.15. The highest BCUT2D eigenvalue weighted by Crippen LogP contribution is 2.14. The molecule has 1 unspecified atom stereocenters. The number of ether oxygens (including phenoxy) is 1. The standard InChI is InChI=1S/C13H22N4O2/c1-6-14-12(18)10(5)16-13-15-9(4)7-11(17-13)19-8(2)3/h7-8,10H,6H2,1-5H3,(H,14,18)(H,15,16,17). The minimum absolute atomic E-state index is 0.0444. The summed E-state index contributed by atoms with van der Waals surface area (Å²) in [4.78, 5) is 20.1. The van der Waals surface area contributed by atoms with Crippen molar-refractivity contribution in [1.29, 1.82) is 0 Å². The fourth-order valence-electron chi connectivity index (χ4n) is 1.49. The molecule has 1 amide bonds. The predicted molar refractivity (Wildman–Crippen MR) is 74.3 cm³/mol. The first-order valence-electron chi connectivity index (χ1n) is 6.49. The summed E-state index contributed by atoms with van der Waals surface area (Å²) < 4.78 is 5.53. The molecule has 1 aromatic heterocycles. The minimum atomic E-state index is -0.395. The molecule has 0 aliphatic heterocycles. The number of aryl methyl sites for hydroxylation is 1. The third kappa shape index (κ3) is 5.11. The van der Waals surface area contributed by atoms with Crippen LogP contribution in [0.1, 0.15) is 33.4 Å². The molecule has 0 spiro atoms. The van der Waals surface area contributed by atoms with Crippen LogP contribution in [-0.4, -0.2) is 34.6 Å². The van der Waals surface area contributed by atoms with Gasteiger partial charge in [-0.2, -0.15) is 4.98 Å². The van der Waals surface area contributed by atoms with Gasteiger partial charge in [-0.15, -0.1) is 0 Å². The molecule has 0 aliphatic carbocycles. The monoisotopic (exact) mass is 266 g/mol. The number of anilines is 1. The van der Waals surface area contributed by atoms with Gasteiger partial charge in [-0.3, -0.25) is 4.79 Å². The summed E-state index contributed by atoms with van der Waals surface area (Å²) in [7, 11) is 0. The van der Waals surface area contributed by atoms with Crippen LogP contribution >= 0.6 is 0 Å². The van der Waals surface area contributed by atoms with E-state index in [2.05, 4.69) is 20.6 Å². The summed E-state index contributed by atoms with van der Waals surface area (Å²) in [6.45, 7) is 9.96. The van der Waals surface area contributed by atoms with Crippen molar-refractivity contribution in [2.24, 2.45) is 0 Å². The molecule has 1 heterocycles. The molecular formula is C13H22N4O2. The maximum Gasteiger partial charge on any atom is 0.242 e. The van der Waals surface area contributed by atoms with Crippen molar-refractivity contribution in [1.82, 2.24) is 15.3 Å². The number of nitrogens with zero attached hydrogens (tertiary/aromatic N) is 2. The number of amides is 1. The van der Waals surface area contributed by atoms with E-state index < -0.39 is 6.04 Å². The van der Waals surface area contributed by atoms with E-state index in [0.717, 1.165) is 5.69 Å². The first-order valence-corrected chi connectivity index (χ1v) is 6.49. The van der Waals surface area contributed by atoms with Gasteiger partial charge in [0, 0.05) is 18.3 Å². The van der Waals surface area contributed by atoms with Gasteiger partial charge < -0.3 is 15.4 Å². The van der Waals surface area contributed by atoms with Crippen LogP contribution in [-0.2, 0) is 4.79 Å². The molecule has 0 saturated heterocycles. The Balaban J connectivity index is 2.77. The Morgan fingerprint density at radius 3 is 2.63 bits per heavy atom. The summed E-state index contributed by atoms with van der Waals surface area (Å²) in [6, 6.07) is 1.37. The average molecular weight is 266 g/mol. The van der Waals surface area contributed by atoms with Gasteiger partial charge in [-0.1, -0.05) is 0 Å². The number of nitrogens with one attached hydrogen (secondary N) is 2. The second-order valence-corrected chi connectivity index (χ2v) is 4.60. The van der Waals surface area contributed by atoms with Gasteiger partial charge >= 0.3 is 0 Å². The van der Waals surface area contributed by atoms with E-state index in [1.807, 2.05) is 27.7 Å². The van der Waals surface area contributed by atoms with Crippen LogP contribution in [0.2, 0.25) is 0 Å². The van der Waals surface area contributed by atoms with Crippen molar-refractivity contribution in [3.05, 3.63) is 11.8 Å². The van der Waals surface area contributed by atoms with E-state index in [0.29, 0.717) is 18.4 Å². The largest absolute Gasteiger partial charge is 0.475 e. The summed E-state index contributed by atoms with van der Waals surface area (Å²) >= 11 is 0.